The molecule has 0 fully saturated rings. The highest BCUT2D eigenvalue weighted by molar-refractivity contribution is 8.06. The van der Waals surface area contributed by atoms with Gasteiger partial charge in [0.25, 0.3) is 0 Å². The molecule has 0 saturated heterocycles. The van der Waals surface area contributed by atoms with Crippen molar-refractivity contribution in [3.8, 4) is 0 Å². The first-order chi connectivity index (χ1) is 12.0. The highest BCUT2D eigenvalue weighted by Crippen LogP contribution is 2.51. The lowest BCUT2D eigenvalue weighted by molar-refractivity contribution is 0.927. The van der Waals surface area contributed by atoms with E-state index in [9.17, 15) is 0 Å². The van der Waals surface area contributed by atoms with E-state index >= 15 is 0 Å². The molecular weight excluding hydrogens is 413 g/mol. The molecule has 0 nitrogen and oxygen atoms in total. The minimum atomic E-state index is 0.587. The number of thioether (sulfide) groups is 5. The summed E-state index contributed by atoms with van der Waals surface area (Å²) in [6, 6.07) is 2.48. The van der Waals surface area contributed by atoms with Crippen LogP contribution in [0.4, 0.5) is 0 Å². The van der Waals surface area contributed by atoms with Crippen LogP contribution in [0.5, 0.6) is 0 Å². The molecule has 26 heavy (non-hydrogen) atoms. The lowest BCUT2D eigenvalue weighted by Gasteiger charge is -2.25. The summed E-state index contributed by atoms with van der Waals surface area (Å²) in [6.45, 7) is 23.1. The van der Waals surface area contributed by atoms with Gasteiger partial charge >= 0.3 is 0 Å². The van der Waals surface area contributed by atoms with Crippen LogP contribution in [-0.2, 0) is 0 Å². The molecule has 0 bridgehead atoms. The van der Waals surface area contributed by atoms with E-state index in [-0.39, 0.29) is 0 Å². The fourth-order valence-electron chi connectivity index (χ4n) is 2.30. The molecule has 1 aromatic rings. The van der Waals surface area contributed by atoms with Gasteiger partial charge in [-0.3, -0.25) is 0 Å². The van der Waals surface area contributed by atoms with Crippen LogP contribution in [0.3, 0.4) is 0 Å². The molecule has 0 atom stereocenters. The van der Waals surface area contributed by atoms with Gasteiger partial charge in [-0.05, 0) is 6.07 Å². The first kappa shape index (κ1) is 25.0. The molecule has 0 heterocycles. The Morgan fingerprint density at radius 3 is 0.962 bits per heavy atom. The van der Waals surface area contributed by atoms with E-state index in [4.69, 9.17) is 0 Å². The highest BCUT2D eigenvalue weighted by atomic mass is 32.2. The standard InChI is InChI=1S/C21H36S5/c1-12(2)22-17-11-18(23-13(3)4)20(25-15(7)8)21(26-16(9)10)19(17)24-14(5)6/h11-16H,1-10H3. The molecule has 1 rings (SSSR count). The third kappa shape index (κ3) is 8.55. The molecule has 0 aromatic heterocycles. The van der Waals surface area contributed by atoms with E-state index in [0.29, 0.717) is 26.2 Å². The molecule has 0 amide bonds. The van der Waals surface area contributed by atoms with E-state index in [1.807, 2.05) is 58.8 Å². The van der Waals surface area contributed by atoms with Crippen molar-refractivity contribution in [3.05, 3.63) is 6.07 Å². The summed E-state index contributed by atoms with van der Waals surface area (Å²) < 4.78 is 0. The van der Waals surface area contributed by atoms with Gasteiger partial charge in [0.1, 0.15) is 0 Å². The molecule has 1 aromatic carbocycles. The average Bonchev–Trinajstić information content (AvgIpc) is 2.44. The molecule has 0 unspecified atom stereocenters. The van der Waals surface area contributed by atoms with E-state index < -0.39 is 0 Å². The zero-order chi connectivity index (χ0) is 20.0. The van der Waals surface area contributed by atoms with Crippen molar-refractivity contribution < 1.29 is 0 Å². The third-order valence-electron chi connectivity index (χ3n) is 2.91. The van der Waals surface area contributed by atoms with E-state index in [1.54, 1.807) is 0 Å². The maximum absolute atomic E-state index is 2.48. The summed E-state index contributed by atoms with van der Waals surface area (Å²) in [7, 11) is 0. The molecule has 0 N–H and O–H groups in total. The van der Waals surface area contributed by atoms with E-state index in [0.717, 1.165) is 0 Å². The Balaban J connectivity index is 3.68. The van der Waals surface area contributed by atoms with Gasteiger partial charge in [0.2, 0.25) is 0 Å². The van der Waals surface area contributed by atoms with Crippen LogP contribution in [0.2, 0.25) is 0 Å². The molecule has 0 radical (unpaired) electrons. The Kier molecular flexibility index (Phi) is 11.4. The van der Waals surface area contributed by atoms with E-state index in [2.05, 4.69) is 75.3 Å². The van der Waals surface area contributed by atoms with Gasteiger partial charge in [-0.15, -0.1) is 58.8 Å². The first-order valence-corrected chi connectivity index (χ1v) is 13.9. The van der Waals surface area contributed by atoms with Crippen molar-refractivity contribution in [1.82, 2.24) is 0 Å². The Bertz CT molecular complexity index is 520. The largest absolute Gasteiger partial charge is 0.122 e. The van der Waals surface area contributed by atoms with Crippen molar-refractivity contribution in [3.63, 3.8) is 0 Å². The Morgan fingerprint density at radius 1 is 0.423 bits per heavy atom. The Hall–Kier alpha value is 0.970. The van der Waals surface area contributed by atoms with Crippen LogP contribution >= 0.6 is 58.8 Å². The van der Waals surface area contributed by atoms with Gasteiger partial charge in [-0.2, -0.15) is 0 Å². The minimum absolute atomic E-state index is 0.587. The van der Waals surface area contributed by atoms with Crippen LogP contribution in [-0.4, -0.2) is 26.2 Å². The molecular formula is C21H36S5. The molecule has 150 valence electrons. The number of hydrogen-bond donors (Lipinski definition) is 0. The van der Waals surface area contributed by atoms with Crippen molar-refractivity contribution in [2.75, 3.05) is 0 Å². The lowest BCUT2D eigenvalue weighted by atomic mass is 10.3. The molecule has 0 saturated carbocycles. The predicted octanol–water partition coefficient (Wildman–Crippen LogP) is 9.19. The van der Waals surface area contributed by atoms with Crippen molar-refractivity contribution >= 4 is 58.8 Å². The zero-order valence-corrected chi connectivity index (χ0v) is 22.1. The summed E-state index contributed by atoms with van der Waals surface area (Å²) in [4.78, 5) is 7.48. The monoisotopic (exact) mass is 448 g/mol. The Morgan fingerprint density at radius 2 is 0.692 bits per heavy atom. The van der Waals surface area contributed by atoms with Gasteiger partial charge in [-0.1, -0.05) is 69.2 Å². The van der Waals surface area contributed by atoms with Crippen molar-refractivity contribution in [1.29, 1.82) is 0 Å². The summed E-state index contributed by atoms with van der Waals surface area (Å²) in [5.41, 5.74) is 0. The van der Waals surface area contributed by atoms with Gasteiger partial charge in [0, 0.05) is 50.7 Å². The quantitative estimate of drug-likeness (QED) is 0.326. The summed E-state index contributed by atoms with van der Waals surface area (Å²) in [6.07, 6.45) is 0. The van der Waals surface area contributed by atoms with Gasteiger partial charge < -0.3 is 0 Å². The van der Waals surface area contributed by atoms with E-state index in [1.165, 1.54) is 24.5 Å². The number of hydrogen-bond acceptors (Lipinski definition) is 5. The van der Waals surface area contributed by atoms with Crippen LogP contribution in [0, 0.1) is 0 Å². The molecule has 0 spiro atoms. The van der Waals surface area contributed by atoms with Crippen LogP contribution < -0.4 is 0 Å². The maximum atomic E-state index is 2.48. The predicted molar refractivity (Wildman–Crippen MR) is 131 cm³/mol. The summed E-state index contributed by atoms with van der Waals surface area (Å²) >= 11 is 10.2. The third-order valence-corrected chi connectivity index (χ3v) is 8.90. The molecule has 0 aliphatic rings. The van der Waals surface area contributed by atoms with Gasteiger partial charge in [-0.25, -0.2) is 0 Å². The van der Waals surface area contributed by atoms with Crippen molar-refractivity contribution in [2.24, 2.45) is 0 Å². The highest BCUT2D eigenvalue weighted by Gasteiger charge is 2.23. The summed E-state index contributed by atoms with van der Waals surface area (Å²) in [5, 5.41) is 2.96. The first-order valence-electron chi connectivity index (χ1n) is 9.55. The number of benzene rings is 1. The topological polar surface area (TPSA) is 0 Å². The Labute approximate surface area is 184 Å². The minimum Gasteiger partial charge on any atom is -0.122 e. The van der Waals surface area contributed by atoms with Crippen LogP contribution in [0.15, 0.2) is 30.5 Å². The molecule has 5 heteroatoms. The average molecular weight is 449 g/mol. The SMILES string of the molecule is CC(C)Sc1cc(SC(C)C)c(SC(C)C)c(SC(C)C)c1SC(C)C. The lowest BCUT2D eigenvalue weighted by Crippen LogP contribution is -2.02. The zero-order valence-electron chi connectivity index (χ0n) is 18.0. The molecule has 0 aliphatic heterocycles. The fraction of sp³-hybridized carbons (Fsp3) is 0.714. The van der Waals surface area contributed by atoms with Crippen molar-refractivity contribution in [2.45, 2.75) is 120 Å². The fourth-order valence-corrected chi connectivity index (χ4v) is 8.14. The van der Waals surface area contributed by atoms with Crippen LogP contribution in [0.25, 0.3) is 0 Å². The van der Waals surface area contributed by atoms with Gasteiger partial charge in [0.05, 0.1) is 0 Å². The smallest absolute Gasteiger partial charge is 0.0370 e. The maximum Gasteiger partial charge on any atom is 0.0370 e. The normalized spacial score (nSPS) is 12.4. The number of rotatable bonds is 10. The molecule has 0 aliphatic carbocycles. The second kappa shape index (κ2) is 11.8. The summed E-state index contributed by atoms with van der Waals surface area (Å²) in [5.74, 6) is 0. The second-order valence-electron chi connectivity index (χ2n) is 7.69. The van der Waals surface area contributed by atoms with Gasteiger partial charge in [0.15, 0.2) is 0 Å². The van der Waals surface area contributed by atoms with Crippen LogP contribution in [0.1, 0.15) is 69.2 Å². The second-order valence-corrected chi connectivity index (χ2v) is 15.7.